The summed E-state index contributed by atoms with van der Waals surface area (Å²) < 4.78 is 26.6. The van der Waals surface area contributed by atoms with Gasteiger partial charge >= 0.3 is 0 Å². The van der Waals surface area contributed by atoms with Crippen molar-refractivity contribution in [2.45, 2.75) is 25.5 Å². The highest BCUT2D eigenvalue weighted by atomic mass is 32.2. The Morgan fingerprint density at radius 3 is 2.94 bits per heavy atom. The maximum absolute atomic E-state index is 11.5. The summed E-state index contributed by atoms with van der Waals surface area (Å²) >= 11 is 0. The maximum Gasteiger partial charge on any atom is 0.259 e. The number of amidine groups is 1. The molecular formula is C13H16N2O2S. The summed E-state index contributed by atoms with van der Waals surface area (Å²) in [6, 6.07) is 5.55. The second kappa shape index (κ2) is 4.94. The van der Waals surface area contributed by atoms with Crippen molar-refractivity contribution < 1.29 is 8.42 Å². The second-order valence-corrected chi connectivity index (χ2v) is 5.91. The zero-order valence-corrected chi connectivity index (χ0v) is 11.1. The van der Waals surface area contributed by atoms with Crippen LogP contribution < -0.4 is 5.73 Å². The van der Waals surface area contributed by atoms with E-state index in [2.05, 4.69) is 17.4 Å². The van der Waals surface area contributed by atoms with Gasteiger partial charge in [0, 0.05) is 5.56 Å². The third-order valence-electron chi connectivity index (χ3n) is 2.77. The van der Waals surface area contributed by atoms with E-state index in [1.54, 1.807) is 6.07 Å². The molecule has 1 aliphatic rings. The van der Waals surface area contributed by atoms with E-state index >= 15 is 0 Å². The minimum absolute atomic E-state index is 0.0709. The van der Waals surface area contributed by atoms with Crippen LogP contribution in [0.1, 0.15) is 36.5 Å². The summed E-state index contributed by atoms with van der Waals surface area (Å²) in [5.41, 5.74) is 8.16. The summed E-state index contributed by atoms with van der Waals surface area (Å²) in [6.07, 6.45) is 6.09. The lowest BCUT2D eigenvalue weighted by Crippen LogP contribution is -2.24. The number of fused-ring (bicyclic) bond motifs is 1. The molecule has 1 aliphatic heterocycles. The van der Waals surface area contributed by atoms with Gasteiger partial charge in [-0.1, -0.05) is 43.7 Å². The van der Waals surface area contributed by atoms with E-state index in [4.69, 9.17) is 5.73 Å². The zero-order valence-electron chi connectivity index (χ0n) is 10.3. The highest BCUT2D eigenvalue weighted by Crippen LogP contribution is 2.23. The number of rotatable bonds is 3. The van der Waals surface area contributed by atoms with Crippen LogP contribution in [0.25, 0.3) is 6.08 Å². The van der Waals surface area contributed by atoms with Gasteiger partial charge in [-0.25, -0.2) is 8.42 Å². The molecule has 0 spiro atoms. The predicted molar refractivity (Wildman–Crippen MR) is 73.7 cm³/mol. The normalized spacial score (nSPS) is 17.5. The van der Waals surface area contributed by atoms with E-state index in [-0.39, 0.29) is 11.6 Å². The third kappa shape index (κ3) is 2.61. The molecule has 0 bridgehead atoms. The first kappa shape index (κ1) is 12.8. The number of hydrogen-bond donors (Lipinski definition) is 1. The molecule has 0 saturated heterocycles. The number of nitrogens with zero attached hydrogens (tertiary/aromatic N) is 1. The predicted octanol–water partition coefficient (Wildman–Crippen LogP) is 2.05. The quantitative estimate of drug-likeness (QED) is 0.908. The number of sulfonamides is 1. The average Bonchev–Trinajstić information content (AvgIpc) is 2.27. The third-order valence-corrected chi connectivity index (χ3v) is 3.92. The van der Waals surface area contributed by atoms with Crippen molar-refractivity contribution in [3.05, 3.63) is 41.0 Å². The van der Waals surface area contributed by atoms with Gasteiger partial charge in [0.2, 0.25) is 0 Å². The number of benzene rings is 1. The van der Waals surface area contributed by atoms with Crippen LogP contribution in [0.3, 0.4) is 0 Å². The lowest BCUT2D eigenvalue weighted by atomic mass is 10.00. The fraction of sp³-hybridized carbons (Fsp3) is 0.308. The smallest absolute Gasteiger partial charge is 0.259 e. The Labute approximate surface area is 107 Å². The van der Waals surface area contributed by atoms with Crippen molar-refractivity contribution in [3.8, 4) is 0 Å². The largest absolute Gasteiger partial charge is 0.383 e. The fourth-order valence-corrected chi connectivity index (χ4v) is 3.08. The first-order chi connectivity index (χ1) is 8.53. The van der Waals surface area contributed by atoms with E-state index in [9.17, 15) is 8.42 Å². The summed E-state index contributed by atoms with van der Waals surface area (Å²) in [5, 5.41) is 0. The van der Waals surface area contributed by atoms with Gasteiger partial charge in [0.15, 0.2) is 0 Å². The summed E-state index contributed by atoms with van der Waals surface area (Å²) in [4.78, 5) is 0. The molecule has 18 heavy (non-hydrogen) atoms. The first-order valence-corrected chi connectivity index (χ1v) is 7.51. The van der Waals surface area contributed by atoms with Crippen molar-refractivity contribution in [1.29, 1.82) is 0 Å². The van der Waals surface area contributed by atoms with Crippen molar-refractivity contribution in [1.82, 2.24) is 0 Å². The van der Waals surface area contributed by atoms with Crippen molar-refractivity contribution in [2.24, 2.45) is 10.1 Å². The number of allylic oxidation sites excluding steroid dienone is 1. The van der Waals surface area contributed by atoms with Crippen LogP contribution in [0.2, 0.25) is 0 Å². The molecule has 4 nitrogen and oxygen atoms in total. The van der Waals surface area contributed by atoms with Gasteiger partial charge in [-0.15, -0.1) is 4.40 Å². The Balaban J connectivity index is 2.49. The van der Waals surface area contributed by atoms with Crippen LogP contribution in [0, 0.1) is 0 Å². The first-order valence-electron chi connectivity index (χ1n) is 5.90. The molecule has 0 unspecified atom stereocenters. The Hall–Kier alpha value is -1.62. The van der Waals surface area contributed by atoms with E-state index in [1.807, 2.05) is 18.2 Å². The molecule has 1 aromatic rings. The second-order valence-electron chi connectivity index (χ2n) is 4.28. The van der Waals surface area contributed by atoms with Crippen LogP contribution in [0.5, 0.6) is 0 Å². The number of unbranched alkanes of at least 4 members (excludes halogenated alkanes) is 1. The molecule has 0 radical (unpaired) electrons. The van der Waals surface area contributed by atoms with E-state index in [0.717, 1.165) is 29.5 Å². The molecule has 0 saturated carbocycles. The minimum atomic E-state index is -3.45. The SMILES string of the molecule is CCC/C=C/c1cccc2c1C(N)=NS(=O)(=O)C2. The lowest BCUT2D eigenvalue weighted by Gasteiger charge is -2.16. The highest BCUT2D eigenvalue weighted by Gasteiger charge is 2.23. The fourth-order valence-electron chi connectivity index (χ4n) is 1.99. The molecule has 0 aromatic heterocycles. The Kier molecular flexibility index (Phi) is 3.52. The van der Waals surface area contributed by atoms with E-state index in [0.29, 0.717) is 0 Å². The molecule has 0 fully saturated rings. The van der Waals surface area contributed by atoms with Crippen molar-refractivity contribution in [3.63, 3.8) is 0 Å². The Morgan fingerprint density at radius 1 is 1.44 bits per heavy atom. The van der Waals surface area contributed by atoms with E-state index < -0.39 is 10.0 Å². The highest BCUT2D eigenvalue weighted by molar-refractivity contribution is 7.89. The molecule has 0 atom stereocenters. The molecule has 0 amide bonds. The van der Waals surface area contributed by atoms with Gasteiger partial charge in [-0.05, 0) is 17.5 Å². The topological polar surface area (TPSA) is 72.5 Å². The lowest BCUT2D eigenvalue weighted by molar-refractivity contribution is 0.596. The molecular weight excluding hydrogens is 248 g/mol. The minimum Gasteiger partial charge on any atom is -0.383 e. The molecule has 5 heteroatoms. The van der Waals surface area contributed by atoms with Crippen molar-refractivity contribution >= 4 is 21.9 Å². The average molecular weight is 264 g/mol. The van der Waals surface area contributed by atoms with Crippen LogP contribution in [-0.4, -0.2) is 14.3 Å². The zero-order chi connectivity index (χ0) is 13.2. The van der Waals surface area contributed by atoms with Gasteiger partial charge < -0.3 is 5.73 Å². The molecule has 96 valence electrons. The number of nitrogens with two attached hydrogens (primary N) is 1. The van der Waals surface area contributed by atoms with Crippen LogP contribution in [0.4, 0.5) is 0 Å². The molecule has 1 aromatic carbocycles. The number of hydrogen-bond acceptors (Lipinski definition) is 3. The monoisotopic (exact) mass is 264 g/mol. The van der Waals surface area contributed by atoms with Gasteiger partial charge in [-0.2, -0.15) is 0 Å². The van der Waals surface area contributed by atoms with Crippen LogP contribution in [-0.2, 0) is 15.8 Å². The summed E-state index contributed by atoms with van der Waals surface area (Å²) in [5.74, 6) is 0.0198. The Morgan fingerprint density at radius 2 is 2.22 bits per heavy atom. The summed E-state index contributed by atoms with van der Waals surface area (Å²) in [6.45, 7) is 2.10. The molecule has 1 heterocycles. The van der Waals surface area contributed by atoms with E-state index in [1.165, 1.54) is 0 Å². The van der Waals surface area contributed by atoms with Crippen LogP contribution in [0.15, 0.2) is 28.7 Å². The van der Waals surface area contributed by atoms with Crippen molar-refractivity contribution in [2.75, 3.05) is 0 Å². The van der Waals surface area contributed by atoms with Gasteiger partial charge in [0.05, 0.1) is 5.75 Å². The van der Waals surface area contributed by atoms with Crippen LogP contribution >= 0.6 is 0 Å². The van der Waals surface area contributed by atoms with Gasteiger partial charge in [0.25, 0.3) is 10.0 Å². The standard InChI is InChI=1S/C13H16N2O2S/c1-2-3-4-6-10-7-5-8-11-9-18(16,17)15-13(14)12(10)11/h4-8H,2-3,9H2,1H3,(H2,14,15)/b6-4+. The van der Waals surface area contributed by atoms with Gasteiger partial charge in [-0.3, -0.25) is 0 Å². The Bertz CT molecular complexity index is 616. The summed E-state index contributed by atoms with van der Waals surface area (Å²) in [7, 11) is -3.45. The molecule has 0 aliphatic carbocycles. The molecule has 2 rings (SSSR count). The maximum atomic E-state index is 11.5. The van der Waals surface area contributed by atoms with Gasteiger partial charge in [0.1, 0.15) is 5.84 Å². The molecule has 2 N–H and O–H groups in total.